The molecule has 2 heterocycles. The van der Waals surface area contributed by atoms with Gasteiger partial charge in [-0.2, -0.15) is 0 Å². The Bertz CT molecular complexity index is 181. The van der Waals surface area contributed by atoms with Crippen LogP contribution in [-0.2, 0) is 4.74 Å². The first-order valence-electron chi connectivity index (χ1n) is 5.64. The molecule has 2 saturated heterocycles. The zero-order valence-corrected chi connectivity index (χ0v) is 9.01. The molecular weight excluding hydrogens is 178 g/mol. The van der Waals surface area contributed by atoms with Crippen molar-refractivity contribution in [2.75, 3.05) is 26.3 Å². The van der Waals surface area contributed by atoms with Crippen molar-refractivity contribution in [3.05, 3.63) is 0 Å². The van der Waals surface area contributed by atoms with Crippen molar-refractivity contribution in [3.63, 3.8) is 0 Å². The highest BCUT2D eigenvalue weighted by Crippen LogP contribution is 2.48. The largest absolute Gasteiger partial charge is 0.395 e. The van der Waals surface area contributed by atoms with Gasteiger partial charge in [-0.15, -0.1) is 0 Å². The van der Waals surface area contributed by atoms with Crippen LogP contribution in [0.25, 0.3) is 0 Å². The van der Waals surface area contributed by atoms with Gasteiger partial charge in [0.25, 0.3) is 0 Å². The van der Waals surface area contributed by atoms with Gasteiger partial charge >= 0.3 is 0 Å². The summed E-state index contributed by atoms with van der Waals surface area (Å²) in [6, 6.07) is 0. The van der Waals surface area contributed by atoms with E-state index in [-0.39, 0.29) is 12.2 Å². The van der Waals surface area contributed by atoms with E-state index in [1.807, 2.05) is 0 Å². The molecule has 0 radical (unpaired) electrons. The monoisotopic (exact) mass is 199 g/mol. The van der Waals surface area contributed by atoms with Crippen LogP contribution in [-0.4, -0.2) is 37.0 Å². The molecule has 3 heteroatoms. The number of hydrogen-bond donors (Lipinski definition) is 2. The molecule has 1 aliphatic carbocycles. The average Bonchev–Trinajstić information content (AvgIpc) is 2.21. The number of aliphatic hydroxyl groups is 1. The van der Waals surface area contributed by atoms with Crippen LogP contribution in [0.15, 0.2) is 0 Å². The maximum Gasteiger partial charge on any atom is 0.0655 e. The van der Waals surface area contributed by atoms with E-state index in [1.54, 1.807) is 0 Å². The van der Waals surface area contributed by atoms with E-state index in [4.69, 9.17) is 9.84 Å². The Balaban J connectivity index is 1.85. The van der Waals surface area contributed by atoms with Crippen LogP contribution in [0.1, 0.15) is 32.6 Å². The van der Waals surface area contributed by atoms with E-state index in [0.29, 0.717) is 12.0 Å². The Morgan fingerprint density at radius 1 is 1.29 bits per heavy atom. The number of aliphatic hydroxyl groups excluding tert-OH is 1. The van der Waals surface area contributed by atoms with Crippen molar-refractivity contribution in [1.29, 1.82) is 0 Å². The van der Waals surface area contributed by atoms with Gasteiger partial charge in [-0.25, -0.2) is 0 Å². The number of hydrogen-bond acceptors (Lipinski definition) is 3. The summed E-state index contributed by atoms with van der Waals surface area (Å²) in [4.78, 5) is 0. The van der Waals surface area contributed by atoms with Crippen LogP contribution in [0, 0.1) is 5.41 Å². The Hall–Kier alpha value is -0.120. The Morgan fingerprint density at radius 2 is 2.00 bits per heavy atom. The lowest BCUT2D eigenvalue weighted by atomic mass is 9.66. The highest BCUT2D eigenvalue weighted by Gasteiger charge is 2.46. The zero-order chi connectivity index (χ0) is 10.1. The van der Waals surface area contributed by atoms with E-state index >= 15 is 0 Å². The quantitative estimate of drug-likeness (QED) is 0.661. The maximum atomic E-state index is 8.71. The van der Waals surface area contributed by atoms with Crippen LogP contribution >= 0.6 is 0 Å². The molecule has 0 spiro atoms. The first-order chi connectivity index (χ1) is 6.68. The molecule has 82 valence electrons. The second kappa shape index (κ2) is 3.80. The molecule has 3 fully saturated rings. The molecule has 2 aliphatic heterocycles. The number of nitrogens with one attached hydrogen (secondary N) is 1. The summed E-state index contributed by atoms with van der Waals surface area (Å²) < 4.78 is 5.90. The fraction of sp³-hybridized carbons (Fsp3) is 1.00. The van der Waals surface area contributed by atoms with Gasteiger partial charge < -0.3 is 15.2 Å². The fourth-order valence-corrected chi connectivity index (χ4v) is 2.59. The Labute approximate surface area is 85.8 Å². The Morgan fingerprint density at radius 3 is 2.50 bits per heavy atom. The van der Waals surface area contributed by atoms with Gasteiger partial charge in [-0.3, -0.25) is 0 Å². The SMILES string of the molecule is CC12CCC(CNCCO)(CC1)CO2. The lowest BCUT2D eigenvalue weighted by Crippen LogP contribution is -2.53. The zero-order valence-electron chi connectivity index (χ0n) is 9.01. The molecule has 2 N–H and O–H groups in total. The van der Waals surface area contributed by atoms with Gasteiger partial charge in [0, 0.05) is 18.5 Å². The predicted molar refractivity (Wildman–Crippen MR) is 55.2 cm³/mol. The normalized spacial score (nSPS) is 41.6. The van der Waals surface area contributed by atoms with Gasteiger partial charge in [0.15, 0.2) is 0 Å². The van der Waals surface area contributed by atoms with Crippen LogP contribution in [0.5, 0.6) is 0 Å². The molecule has 14 heavy (non-hydrogen) atoms. The number of fused-ring (bicyclic) bond motifs is 3. The summed E-state index contributed by atoms with van der Waals surface area (Å²) in [5, 5.41) is 12.0. The van der Waals surface area contributed by atoms with Gasteiger partial charge in [0.05, 0.1) is 18.8 Å². The highest BCUT2D eigenvalue weighted by atomic mass is 16.5. The molecule has 2 bridgehead atoms. The van der Waals surface area contributed by atoms with E-state index in [0.717, 1.165) is 13.2 Å². The molecule has 1 saturated carbocycles. The fourth-order valence-electron chi connectivity index (χ4n) is 2.59. The molecule has 0 aromatic heterocycles. The van der Waals surface area contributed by atoms with E-state index < -0.39 is 0 Å². The summed E-state index contributed by atoms with van der Waals surface area (Å²) in [6.07, 6.45) is 4.96. The highest BCUT2D eigenvalue weighted by molar-refractivity contribution is 4.98. The first kappa shape index (κ1) is 10.4. The van der Waals surface area contributed by atoms with Crippen LogP contribution < -0.4 is 5.32 Å². The van der Waals surface area contributed by atoms with Gasteiger partial charge in [-0.1, -0.05) is 0 Å². The second-order valence-corrected chi connectivity index (χ2v) is 5.14. The third kappa shape index (κ3) is 1.95. The number of rotatable bonds is 4. The van der Waals surface area contributed by atoms with Crippen molar-refractivity contribution in [3.8, 4) is 0 Å². The minimum Gasteiger partial charge on any atom is -0.395 e. The van der Waals surface area contributed by atoms with Crippen LogP contribution in [0.4, 0.5) is 0 Å². The smallest absolute Gasteiger partial charge is 0.0655 e. The molecule has 0 aromatic rings. The van der Waals surface area contributed by atoms with Crippen molar-refractivity contribution in [1.82, 2.24) is 5.32 Å². The molecule has 0 aromatic carbocycles. The van der Waals surface area contributed by atoms with Gasteiger partial charge in [-0.05, 0) is 32.6 Å². The molecule has 0 atom stereocenters. The topological polar surface area (TPSA) is 41.5 Å². The molecular formula is C11H21NO2. The average molecular weight is 199 g/mol. The predicted octanol–water partition coefficient (Wildman–Crippen LogP) is 0.918. The van der Waals surface area contributed by atoms with E-state index in [9.17, 15) is 0 Å². The third-order valence-electron chi connectivity index (χ3n) is 3.88. The van der Waals surface area contributed by atoms with E-state index in [1.165, 1.54) is 25.7 Å². The summed E-state index contributed by atoms with van der Waals surface area (Å²) in [7, 11) is 0. The maximum absolute atomic E-state index is 8.71. The lowest BCUT2D eigenvalue weighted by Gasteiger charge is -2.52. The minimum absolute atomic E-state index is 0.179. The summed E-state index contributed by atoms with van der Waals surface area (Å²) in [6.45, 7) is 5.08. The molecule has 0 amide bonds. The lowest BCUT2D eigenvalue weighted by molar-refractivity contribution is -0.172. The molecule has 3 aliphatic rings. The van der Waals surface area contributed by atoms with Gasteiger partial charge in [0.1, 0.15) is 0 Å². The second-order valence-electron chi connectivity index (χ2n) is 5.14. The summed E-state index contributed by atoms with van der Waals surface area (Å²) >= 11 is 0. The van der Waals surface area contributed by atoms with E-state index in [2.05, 4.69) is 12.2 Å². The molecule has 3 rings (SSSR count). The Kier molecular flexibility index (Phi) is 2.82. The van der Waals surface area contributed by atoms with Crippen molar-refractivity contribution < 1.29 is 9.84 Å². The standard InChI is InChI=1S/C11H21NO2/c1-10-2-4-11(5-3-10,9-14-10)8-12-6-7-13/h12-13H,2-9H2,1H3. The molecule has 3 nitrogen and oxygen atoms in total. The van der Waals surface area contributed by atoms with Crippen LogP contribution in [0.3, 0.4) is 0 Å². The van der Waals surface area contributed by atoms with Crippen LogP contribution in [0.2, 0.25) is 0 Å². The third-order valence-corrected chi connectivity index (χ3v) is 3.88. The molecule has 0 unspecified atom stereocenters. The minimum atomic E-state index is 0.179. The summed E-state index contributed by atoms with van der Waals surface area (Å²) in [5.74, 6) is 0. The first-order valence-corrected chi connectivity index (χ1v) is 5.64. The number of ether oxygens (including phenoxy) is 1. The van der Waals surface area contributed by atoms with Crippen molar-refractivity contribution in [2.45, 2.75) is 38.2 Å². The van der Waals surface area contributed by atoms with Gasteiger partial charge in [0.2, 0.25) is 0 Å². The summed E-state index contributed by atoms with van der Waals surface area (Å²) in [5.41, 5.74) is 0.547. The van der Waals surface area contributed by atoms with Crippen molar-refractivity contribution in [2.24, 2.45) is 5.41 Å². The van der Waals surface area contributed by atoms with Crippen molar-refractivity contribution >= 4 is 0 Å².